The molecular weight excluding hydrogens is 227 g/mol. The van der Waals surface area contributed by atoms with Crippen LogP contribution in [0.1, 0.15) is 38.8 Å². The Morgan fingerprint density at radius 2 is 1.65 bits per heavy atom. The summed E-state index contributed by atoms with van der Waals surface area (Å²) in [6.45, 7) is 6.67. The summed E-state index contributed by atoms with van der Waals surface area (Å²) in [6, 6.07) is 1.96. The summed E-state index contributed by atoms with van der Waals surface area (Å²) < 4.78 is 39.1. The van der Waals surface area contributed by atoms with Crippen molar-refractivity contribution in [2.45, 2.75) is 33.2 Å². The summed E-state index contributed by atoms with van der Waals surface area (Å²) in [5.74, 6) is -3.51. The first-order valence-electron chi connectivity index (χ1n) is 5.85. The van der Waals surface area contributed by atoms with Crippen LogP contribution in [0, 0.1) is 23.4 Å². The van der Waals surface area contributed by atoms with Gasteiger partial charge in [0, 0.05) is 6.04 Å². The van der Waals surface area contributed by atoms with E-state index in [0.717, 1.165) is 25.1 Å². The van der Waals surface area contributed by atoms with Crippen LogP contribution in [0.25, 0.3) is 0 Å². The van der Waals surface area contributed by atoms with Gasteiger partial charge in [0.2, 0.25) is 0 Å². The lowest BCUT2D eigenvalue weighted by atomic mass is 9.95. The Balaban J connectivity index is 3.02. The van der Waals surface area contributed by atoms with Gasteiger partial charge in [-0.25, -0.2) is 13.2 Å². The first-order valence-corrected chi connectivity index (χ1v) is 5.85. The van der Waals surface area contributed by atoms with Crippen LogP contribution in [0.5, 0.6) is 0 Å². The Morgan fingerprint density at radius 1 is 1.12 bits per heavy atom. The third-order valence-electron chi connectivity index (χ3n) is 2.65. The van der Waals surface area contributed by atoms with Crippen LogP contribution in [0.2, 0.25) is 0 Å². The number of benzene rings is 1. The van der Waals surface area contributed by atoms with E-state index in [-0.39, 0.29) is 12.0 Å². The van der Waals surface area contributed by atoms with Crippen molar-refractivity contribution < 1.29 is 13.2 Å². The zero-order valence-electron chi connectivity index (χ0n) is 10.4. The van der Waals surface area contributed by atoms with Gasteiger partial charge in [0.1, 0.15) is 0 Å². The molecular formula is C13H18F3N. The number of hydrogen-bond donors (Lipinski definition) is 1. The number of halogens is 3. The van der Waals surface area contributed by atoms with E-state index in [1.807, 2.05) is 20.8 Å². The maximum absolute atomic E-state index is 13.1. The molecule has 0 aliphatic rings. The lowest BCUT2D eigenvalue weighted by molar-refractivity contribution is 0.399. The fourth-order valence-corrected chi connectivity index (χ4v) is 1.79. The highest BCUT2D eigenvalue weighted by molar-refractivity contribution is 5.23. The van der Waals surface area contributed by atoms with E-state index in [0.29, 0.717) is 5.56 Å². The molecule has 1 unspecified atom stereocenters. The second-order valence-corrected chi connectivity index (χ2v) is 4.47. The molecule has 0 saturated carbocycles. The van der Waals surface area contributed by atoms with Gasteiger partial charge >= 0.3 is 0 Å². The van der Waals surface area contributed by atoms with Gasteiger partial charge in [0.15, 0.2) is 17.5 Å². The van der Waals surface area contributed by atoms with E-state index >= 15 is 0 Å². The van der Waals surface area contributed by atoms with Crippen molar-refractivity contribution in [1.29, 1.82) is 0 Å². The zero-order chi connectivity index (χ0) is 13.0. The van der Waals surface area contributed by atoms with E-state index in [2.05, 4.69) is 5.32 Å². The molecule has 0 spiro atoms. The van der Waals surface area contributed by atoms with Crippen LogP contribution in [0.15, 0.2) is 12.1 Å². The summed E-state index contributed by atoms with van der Waals surface area (Å²) in [5, 5.41) is 3.20. The maximum Gasteiger partial charge on any atom is 0.194 e. The van der Waals surface area contributed by atoms with Crippen LogP contribution in [0.4, 0.5) is 13.2 Å². The van der Waals surface area contributed by atoms with Gasteiger partial charge in [-0.1, -0.05) is 20.8 Å². The van der Waals surface area contributed by atoms with Gasteiger partial charge in [-0.2, -0.15) is 0 Å². The molecule has 1 aromatic rings. The lowest BCUT2D eigenvalue weighted by Gasteiger charge is -2.23. The predicted octanol–water partition coefficient (Wildman–Crippen LogP) is 3.80. The fraction of sp³-hybridized carbons (Fsp3) is 0.538. The van der Waals surface area contributed by atoms with Crippen molar-refractivity contribution in [1.82, 2.24) is 5.32 Å². The Labute approximate surface area is 100 Å². The van der Waals surface area contributed by atoms with Crippen LogP contribution in [-0.4, -0.2) is 6.54 Å². The lowest BCUT2D eigenvalue weighted by Crippen LogP contribution is -2.26. The Hall–Kier alpha value is -1.03. The topological polar surface area (TPSA) is 12.0 Å². The Bertz CT molecular complexity index is 354. The van der Waals surface area contributed by atoms with Crippen LogP contribution < -0.4 is 5.32 Å². The molecule has 0 heterocycles. The number of nitrogens with one attached hydrogen (secondary N) is 1. The van der Waals surface area contributed by atoms with Gasteiger partial charge in [0.25, 0.3) is 0 Å². The molecule has 0 aromatic heterocycles. The van der Waals surface area contributed by atoms with E-state index in [1.54, 1.807) is 0 Å². The molecule has 0 aliphatic carbocycles. The fourth-order valence-electron chi connectivity index (χ4n) is 1.79. The van der Waals surface area contributed by atoms with Crippen molar-refractivity contribution in [3.63, 3.8) is 0 Å². The Morgan fingerprint density at radius 3 is 2.06 bits per heavy atom. The van der Waals surface area contributed by atoms with E-state index in [9.17, 15) is 13.2 Å². The highest BCUT2D eigenvalue weighted by atomic mass is 19.2. The molecule has 4 heteroatoms. The average Bonchev–Trinajstić information content (AvgIpc) is 2.25. The summed E-state index contributed by atoms with van der Waals surface area (Å²) in [5.41, 5.74) is 0.449. The minimum atomic E-state index is -1.41. The molecule has 1 aromatic carbocycles. The summed E-state index contributed by atoms with van der Waals surface area (Å²) >= 11 is 0. The van der Waals surface area contributed by atoms with Crippen molar-refractivity contribution in [3.8, 4) is 0 Å². The summed E-state index contributed by atoms with van der Waals surface area (Å²) in [6.07, 6.45) is 0.926. The molecule has 0 saturated heterocycles. The second-order valence-electron chi connectivity index (χ2n) is 4.47. The minimum Gasteiger partial charge on any atom is -0.310 e. The van der Waals surface area contributed by atoms with Crippen molar-refractivity contribution in [2.75, 3.05) is 6.54 Å². The van der Waals surface area contributed by atoms with Crippen molar-refractivity contribution >= 4 is 0 Å². The normalized spacial score (nSPS) is 13.1. The van der Waals surface area contributed by atoms with Crippen molar-refractivity contribution in [3.05, 3.63) is 35.1 Å². The van der Waals surface area contributed by atoms with E-state index in [1.165, 1.54) is 0 Å². The largest absolute Gasteiger partial charge is 0.310 e. The molecule has 1 rings (SSSR count). The zero-order valence-corrected chi connectivity index (χ0v) is 10.4. The van der Waals surface area contributed by atoms with Gasteiger partial charge < -0.3 is 5.32 Å². The van der Waals surface area contributed by atoms with Gasteiger partial charge in [0.05, 0.1) is 0 Å². The van der Waals surface area contributed by atoms with E-state index in [4.69, 9.17) is 0 Å². The third-order valence-corrected chi connectivity index (χ3v) is 2.65. The maximum atomic E-state index is 13.1. The van der Waals surface area contributed by atoms with Gasteiger partial charge in [-0.15, -0.1) is 0 Å². The van der Waals surface area contributed by atoms with Gasteiger partial charge in [-0.05, 0) is 36.6 Å². The quantitative estimate of drug-likeness (QED) is 0.778. The average molecular weight is 245 g/mol. The molecule has 0 aliphatic heterocycles. The van der Waals surface area contributed by atoms with Crippen molar-refractivity contribution in [2.24, 2.45) is 5.92 Å². The molecule has 1 atom stereocenters. The molecule has 0 amide bonds. The molecule has 96 valence electrons. The molecule has 0 radical (unpaired) electrons. The summed E-state index contributed by atoms with van der Waals surface area (Å²) in [4.78, 5) is 0. The molecule has 0 bridgehead atoms. The molecule has 17 heavy (non-hydrogen) atoms. The number of hydrogen-bond acceptors (Lipinski definition) is 1. The third kappa shape index (κ3) is 3.46. The second kappa shape index (κ2) is 6.05. The standard InChI is InChI=1S/C13H18F3N/c1-4-5-17-13(8(2)3)9-6-10(14)12(16)11(15)7-9/h6-8,13,17H,4-5H2,1-3H3. The predicted molar refractivity (Wildman–Crippen MR) is 62.2 cm³/mol. The van der Waals surface area contributed by atoms with Crippen LogP contribution in [-0.2, 0) is 0 Å². The Kier molecular flexibility index (Phi) is 5.00. The molecule has 0 fully saturated rings. The first kappa shape index (κ1) is 14.0. The molecule has 1 nitrogen and oxygen atoms in total. The van der Waals surface area contributed by atoms with Gasteiger partial charge in [-0.3, -0.25) is 0 Å². The smallest absolute Gasteiger partial charge is 0.194 e. The monoisotopic (exact) mass is 245 g/mol. The SMILES string of the molecule is CCCNC(c1cc(F)c(F)c(F)c1)C(C)C. The molecule has 1 N–H and O–H groups in total. The van der Waals surface area contributed by atoms with Crippen LogP contribution >= 0.6 is 0 Å². The first-order chi connectivity index (χ1) is 7.97. The highest BCUT2D eigenvalue weighted by Crippen LogP contribution is 2.24. The minimum absolute atomic E-state index is 0.167. The highest BCUT2D eigenvalue weighted by Gasteiger charge is 2.19. The van der Waals surface area contributed by atoms with E-state index < -0.39 is 17.5 Å². The number of rotatable bonds is 5. The summed E-state index contributed by atoms with van der Waals surface area (Å²) in [7, 11) is 0. The van der Waals surface area contributed by atoms with Crippen LogP contribution in [0.3, 0.4) is 0 Å².